The maximum absolute atomic E-state index is 9.54. The Kier molecular flexibility index (Phi) is 1.93. The van der Waals surface area contributed by atoms with Crippen LogP contribution in [0, 0.1) is 0 Å². The molecular weight excluding hydrogens is 204 g/mol. The zero-order valence-electron chi connectivity index (χ0n) is 8.49. The maximum Gasteiger partial charge on any atom is 0.190 e. The topological polar surface area (TPSA) is 77.4 Å². The molecule has 0 aliphatic carbocycles. The molecule has 3 rings (SSSR count). The number of aliphatic hydroxyl groups excluding tert-OH is 2. The Morgan fingerprint density at radius 2 is 1.67 bits per heavy atom. The van der Waals surface area contributed by atoms with Gasteiger partial charge < -0.3 is 29.2 Å². The van der Waals surface area contributed by atoms with Gasteiger partial charge in [0.05, 0.1) is 0 Å². The molecule has 0 radical (unpaired) electrons. The molecule has 0 amide bonds. The van der Waals surface area contributed by atoms with Crippen molar-refractivity contribution in [2.24, 2.45) is 0 Å². The van der Waals surface area contributed by atoms with Crippen molar-refractivity contribution in [3.05, 3.63) is 0 Å². The minimum absolute atomic E-state index is 0.378. The van der Waals surface area contributed by atoms with Gasteiger partial charge in [0.2, 0.25) is 0 Å². The van der Waals surface area contributed by atoms with Crippen LogP contribution >= 0.6 is 0 Å². The van der Waals surface area contributed by atoms with Crippen molar-refractivity contribution in [3.8, 4) is 0 Å². The SMILES string of the molecule is CC1(C)O[C@H]2O[C@@H]3[C@H](O)[C@@H](O)O[C@@H]3[C@H]2O1. The third kappa shape index (κ3) is 1.33. The average molecular weight is 218 g/mol. The van der Waals surface area contributed by atoms with Gasteiger partial charge in [0.1, 0.15) is 24.4 Å². The summed E-state index contributed by atoms with van der Waals surface area (Å²) in [7, 11) is 0. The van der Waals surface area contributed by atoms with Crippen LogP contribution in [0.5, 0.6) is 0 Å². The van der Waals surface area contributed by atoms with Gasteiger partial charge in [-0.05, 0) is 13.8 Å². The second-order valence-electron chi connectivity index (χ2n) is 4.55. The van der Waals surface area contributed by atoms with Crippen molar-refractivity contribution in [2.45, 2.75) is 56.6 Å². The van der Waals surface area contributed by atoms with Crippen LogP contribution < -0.4 is 0 Å². The highest BCUT2D eigenvalue weighted by molar-refractivity contribution is 5.01. The van der Waals surface area contributed by atoms with Gasteiger partial charge in [-0.3, -0.25) is 0 Å². The monoisotopic (exact) mass is 218 g/mol. The predicted octanol–water partition coefficient (Wildman–Crippen LogP) is -1.06. The van der Waals surface area contributed by atoms with Crippen LogP contribution in [-0.2, 0) is 18.9 Å². The standard InChI is InChI=1S/C9H14O6/c1-9(2)14-6-5-4(13-8(6)15-9)3(10)7(11)12-5/h3-8,10-11H,1-2H3/t3-,4+,5-,6+,7-,8+/m0/s1. The lowest BCUT2D eigenvalue weighted by atomic mass is 10.1. The molecule has 6 nitrogen and oxygen atoms in total. The van der Waals surface area contributed by atoms with Gasteiger partial charge in [0.15, 0.2) is 18.4 Å². The van der Waals surface area contributed by atoms with E-state index in [2.05, 4.69) is 0 Å². The molecule has 0 aromatic carbocycles. The first-order valence-electron chi connectivity index (χ1n) is 5.01. The van der Waals surface area contributed by atoms with Crippen molar-refractivity contribution in [3.63, 3.8) is 0 Å². The minimum Gasteiger partial charge on any atom is -0.385 e. The fourth-order valence-electron chi connectivity index (χ4n) is 2.34. The van der Waals surface area contributed by atoms with E-state index in [9.17, 15) is 10.2 Å². The van der Waals surface area contributed by atoms with Crippen LogP contribution in [-0.4, -0.2) is 53.0 Å². The van der Waals surface area contributed by atoms with E-state index in [-0.39, 0.29) is 6.10 Å². The number of fused-ring (bicyclic) bond motifs is 3. The van der Waals surface area contributed by atoms with Gasteiger partial charge in [-0.2, -0.15) is 0 Å². The summed E-state index contributed by atoms with van der Waals surface area (Å²) in [6.45, 7) is 3.57. The highest BCUT2D eigenvalue weighted by Crippen LogP contribution is 2.42. The highest BCUT2D eigenvalue weighted by atomic mass is 16.9. The second kappa shape index (κ2) is 2.91. The molecule has 6 heteroatoms. The van der Waals surface area contributed by atoms with Crippen LogP contribution in [0.4, 0.5) is 0 Å². The zero-order valence-corrected chi connectivity index (χ0v) is 8.49. The van der Waals surface area contributed by atoms with Gasteiger partial charge in [0.25, 0.3) is 0 Å². The lowest BCUT2D eigenvalue weighted by Gasteiger charge is -2.21. The largest absolute Gasteiger partial charge is 0.385 e. The van der Waals surface area contributed by atoms with E-state index < -0.39 is 36.7 Å². The molecular formula is C9H14O6. The summed E-state index contributed by atoms with van der Waals surface area (Å²) < 4.78 is 21.7. The number of hydrogen-bond donors (Lipinski definition) is 2. The van der Waals surface area contributed by atoms with Crippen LogP contribution in [0.15, 0.2) is 0 Å². The summed E-state index contributed by atoms with van der Waals surface area (Å²) in [6, 6.07) is 0. The van der Waals surface area contributed by atoms with Crippen molar-refractivity contribution in [1.29, 1.82) is 0 Å². The molecule has 2 N–H and O–H groups in total. The molecule has 0 bridgehead atoms. The van der Waals surface area contributed by atoms with E-state index in [4.69, 9.17) is 18.9 Å². The number of ether oxygens (including phenoxy) is 4. The summed E-state index contributed by atoms with van der Waals surface area (Å²) in [6.07, 6.45) is -4.15. The van der Waals surface area contributed by atoms with E-state index in [1.807, 2.05) is 0 Å². The molecule has 3 aliphatic rings. The van der Waals surface area contributed by atoms with Gasteiger partial charge in [-0.1, -0.05) is 0 Å². The Balaban J connectivity index is 1.80. The smallest absolute Gasteiger partial charge is 0.190 e. The molecule has 15 heavy (non-hydrogen) atoms. The molecule has 0 spiro atoms. The lowest BCUT2D eigenvalue weighted by molar-refractivity contribution is -0.214. The predicted molar refractivity (Wildman–Crippen MR) is 45.6 cm³/mol. The normalized spacial score (nSPS) is 56.8. The first kappa shape index (κ1) is 9.95. The average Bonchev–Trinajstić information content (AvgIpc) is 2.66. The molecule has 3 saturated heterocycles. The Bertz CT molecular complexity index is 280. The van der Waals surface area contributed by atoms with E-state index in [0.717, 1.165) is 0 Å². The molecule has 0 aromatic rings. The van der Waals surface area contributed by atoms with Crippen molar-refractivity contribution in [1.82, 2.24) is 0 Å². The van der Waals surface area contributed by atoms with Crippen LogP contribution in [0.1, 0.15) is 13.8 Å². The molecule has 3 heterocycles. The van der Waals surface area contributed by atoms with Gasteiger partial charge in [0, 0.05) is 0 Å². The summed E-state index contributed by atoms with van der Waals surface area (Å²) in [5.74, 6) is -0.706. The zero-order chi connectivity index (χ0) is 10.8. The molecule has 86 valence electrons. The summed E-state index contributed by atoms with van der Waals surface area (Å²) in [5, 5.41) is 18.8. The lowest BCUT2D eigenvalue weighted by Crippen LogP contribution is -2.35. The molecule has 0 unspecified atom stereocenters. The van der Waals surface area contributed by atoms with Gasteiger partial charge in [-0.15, -0.1) is 0 Å². The number of rotatable bonds is 0. The maximum atomic E-state index is 9.54. The van der Waals surface area contributed by atoms with E-state index in [0.29, 0.717) is 0 Å². The van der Waals surface area contributed by atoms with Crippen molar-refractivity contribution < 1.29 is 29.2 Å². The van der Waals surface area contributed by atoms with E-state index in [1.54, 1.807) is 13.8 Å². The third-order valence-corrected chi connectivity index (χ3v) is 2.95. The second-order valence-corrected chi connectivity index (χ2v) is 4.55. The fourth-order valence-corrected chi connectivity index (χ4v) is 2.34. The minimum atomic E-state index is -1.20. The number of aliphatic hydroxyl groups is 2. The molecule has 0 saturated carbocycles. The molecule has 6 atom stereocenters. The van der Waals surface area contributed by atoms with Gasteiger partial charge >= 0.3 is 0 Å². The summed E-state index contributed by atoms with van der Waals surface area (Å²) >= 11 is 0. The highest BCUT2D eigenvalue weighted by Gasteiger charge is 2.61. The van der Waals surface area contributed by atoms with Crippen LogP contribution in [0.2, 0.25) is 0 Å². The molecule has 0 aromatic heterocycles. The van der Waals surface area contributed by atoms with E-state index in [1.165, 1.54) is 0 Å². The van der Waals surface area contributed by atoms with Gasteiger partial charge in [-0.25, -0.2) is 0 Å². The Morgan fingerprint density at radius 1 is 0.933 bits per heavy atom. The fraction of sp³-hybridized carbons (Fsp3) is 1.00. The Hall–Kier alpha value is -0.240. The quantitative estimate of drug-likeness (QED) is 0.539. The van der Waals surface area contributed by atoms with Crippen molar-refractivity contribution in [2.75, 3.05) is 0 Å². The first-order chi connectivity index (χ1) is 6.98. The Morgan fingerprint density at radius 3 is 2.40 bits per heavy atom. The van der Waals surface area contributed by atoms with E-state index >= 15 is 0 Å². The number of hydrogen-bond acceptors (Lipinski definition) is 6. The summed E-state index contributed by atoms with van der Waals surface area (Å²) in [4.78, 5) is 0. The molecule has 3 fully saturated rings. The van der Waals surface area contributed by atoms with Crippen LogP contribution in [0.25, 0.3) is 0 Å². The molecule has 3 aliphatic heterocycles. The third-order valence-electron chi connectivity index (χ3n) is 2.95. The van der Waals surface area contributed by atoms with Crippen LogP contribution in [0.3, 0.4) is 0 Å². The first-order valence-corrected chi connectivity index (χ1v) is 5.01. The summed E-state index contributed by atoms with van der Waals surface area (Å²) in [5.41, 5.74) is 0. The Labute approximate surface area is 86.7 Å². The van der Waals surface area contributed by atoms with Crippen molar-refractivity contribution >= 4 is 0 Å².